The number of hydrogen-bond acceptors (Lipinski definition) is 10. The Morgan fingerprint density at radius 1 is 0.792 bits per heavy atom. The highest BCUT2D eigenvalue weighted by Gasteiger charge is 2.33. The van der Waals surface area contributed by atoms with Gasteiger partial charge in [0.25, 0.3) is 5.91 Å². The summed E-state index contributed by atoms with van der Waals surface area (Å²) in [5, 5.41) is 29.4. The first kappa shape index (κ1) is 37.4. The van der Waals surface area contributed by atoms with Crippen molar-refractivity contribution in [3.8, 4) is 28.7 Å². The van der Waals surface area contributed by atoms with Crippen molar-refractivity contribution in [1.82, 2.24) is 10.5 Å². The Balaban J connectivity index is 1.14. The number of aliphatic hydroxyl groups is 1. The van der Waals surface area contributed by atoms with Gasteiger partial charge in [-0.25, -0.2) is 5.48 Å². The van der Waals surface area contributed by atoms with Gasteiger partial charge < -0.3 is 23.7 Å². The van der Waals surface area contributed by atoms with E-state index in [0.717, 1.165) is 28.7 Å². The van der Waals surface area contributed by atoms with Gasteiger partial charge in [-0.2, -0.15) is 10.0 Å². The third-order valence-electron chi connectivity index (χ3n) is 9.01. The molecule has 1 aromatic heterocycles. The molecule has 5 aromatic rings. The molecule has 3 unspecified atom stereocenters. The summed E-state index contributed by atoms with van der Waals surface area (Å²) in [6.45, 7) is 0.0576. The van der Waals surface area contributed by atoms with E-state index in [-0.39, 0.29) is 38.2 Å². The minimum Gasteiger partial charge on any atom is -0.447 e. The molecule has 0 aliphatic carbocycles. The number of hydrogen-bond donors (Lipinski definition) is 4. The van der Waals surface area contributed by atoms with Crippen LogP contribution < -0.4 is 15.3 Å². The van der Waals surface area contributed by atoms with Crippen molar-refractivity contribution in [2.24, 2.45) is 0 Å². The second-order valence-electron chi connectivity index (χ2n) is 12.8. The van der Waals surface area contributed by atoms with E-state index in [0.29, 0.717) is 53.5 Å². The highest BCUT2D eigenvalue weighted by atomic mass is 16.7. The molecule has 1 fully saturated rings. The standard InChI is InChI=1S/C41H43N3O9/c45-26-28-17-19-29(20-18-28)35-25-34(27-50-41-42-38(30-11-5-3-6-12-30)39(53-41)31-13-7-4-8-14-31)51-40(52-35)32-21-23-33(24-22-32)44(49)37(47)16-10-2-1-9-15-36(46)43-48/h3-8,11-14,17-24,34-35,40,45,48-49H,1-2,9-10,15-16,25-27H2,(H,43,46). The van der Waals surface area contributed by atoms with Gasteiger partial charge in [-0.3, -0.25) is 20.0 Å². The quantitative estimate of drug-likeness (QED) is 0.0451. The number of benzene rings is 4. The van der Waals surface area contributed by atoms with Crippen LogP contribution in [0, 0.1) is 0 Å². The molecule has 2 heterocycles. The molecule has 0 saturated carbocycles. The zero-order valence-electron chi connectivity index (χ0n) is 29.2. The Morgan fingerprint density at radius 2 is 1.43 bits per heavy atom. The average molecular weight is 722 g/mol. The number of anilines is 1. The molecule has 1 saturated heterocycles. The highest BCUT2D eigenvalue weighted by Crippen LogP contribution is 2.39. The number of carbonyl (C=O) groups is 2. The second-order valence-corrected chi connectivity index (χ2v) is 12.8. The number of amides is 2. The summed E-state index contributed by atoms with van der Waals surface area (Å²) in [6.07, 6.45) is 1.93. The summed E-state index contributed by atoms with van der Waals surface area (Å²) >= 11 is 0. The summed E-state index contributed by atoms with van der Waals surface area (Å²) in [5.41, 5.74) is 6.72. The van der Waals surface area contributed by atoms with Gasteiger partial charge in [-0.1, -0.05) is 110 Å². The summed E-state index contributed by atoms with van der Waals surface area (Å²) in [4.78, 5) is 28.5. The zero-order chi connectivity index (χ0) is 37.0. The lowest BCUT2D eigenvalue weighted by atomic mass is 10.0. The first-order valence-electron chi connectivity index (χ1n) is 17.7. The molecule has 53 heavy (non-hydrogen) atoms. The molecule has 12 heteroatoms. The summed E-state index contributed by atoms with van der Waals surface area (Å²) in [7, 11) is 0. The number of aliphatic hydroxyl groups excluding tert-OH is 1. The van der Waals surface area contributed by atoms with E-state index < -0.39 is 24.2 Å². The highest BCUT2D eigenvalue weighted by molar-refractivity contribution is 5.90. The van der Waals surface area contributed by atoms with Crippen LogP contribution in [0.1, 0.15) is 74.0 Å². The minimum atomic E-state index is -0.797. The van der Waals surface area contributed by atoms with Gasteiger partial charge in [0.15, 0.2) is 12.1 Å². The normalized spacial score (nSPS) is 16.9. The molecule has 4 aromatic carbocycles. The maximum atomic E-state index is 12.7. The molecule has 0 radical (unpaired) electrons. The number of rotatable bonds is 16. The van der Waals surface area contributed by atoms with Crippen LogP contribution in [-0.2, 0) is 25.7 Å². The lowest BCUT2D eigenvalue weighted by Crippen LogP contribution is -2.33. The third kappa shape index (κ3) is 9.95. The first-order valence-corrected chi connectivity index (χ1v) is 17.7. The monoisotopic (exact) mass is 721 g/mol. The molecule has 12 nitrogen and oxygen atoms in total. The fourth-order valence-electron chi connectivity index (χ4n) is 6.12. The van der Waals surface area contributed by atoms with Crippen LogP contribution in [0.5, 0.6) is 6.08 Å². The molecule has 1 aliphatic heterocycles. The second kappa shape index (κ2) is 18.4. The van der Waals surface area contributed by atoms with E-state index >= 15 is 0 Å². The van der Waals surface area contributed by atoms with Crippen LogP contribution in [0.25, 0.3) is 22.6 Å². The zero-order valence-corrected chi connectivity index (χ0v) is 29.2. The van der Waals surface area contributed by atoms with E-state index in [1.807, 2.05) is 84.9 Å². The molecule has 3 atom stereocenters. The van der Waals surface area contributed by atoms with Gasteiger partial charge in [0.05, 0.1) is 24.5 Å². The van der Waals surface area contributed by atoms with Crippen molar-refractivity contribution in [2.75, 3.05) is 11.7 Å². The van der Waals surface area contributed by atoms with Crippen molar-refractivity contribution in [1.29, 1.82) is 0 Å². The van der Waals surface area contributed by atoms with E-state index in [1.54, 1.807) is 29.7 Å². The number of nitrogens with zero attached hydrogens (tertiary/aromatic N) is 2. The number of oxazole rings is 1. The lowest BCUT2D eigenvalue weighted by molar-refractivity contribution is -0.255. The molecule has 0 spiro atoms. The maximum absolute atomic E-state index is 12.7. The minimum absolute atomic E-state index is 0.0671. The van der Waals surface area contributed by atoms with Crippen molar-refractivity contribution in [3.63, 3.8) is 0 Å². The molecule has 2 amide bonds. The summed E-state index contributed by atoms with van der Waals surface area (Å²) in [5.74, 6) is -0.287. The average Bonchev–Trinajstić information content (AvgIpc) is 3.66. The molecule has 0 bridgehead atoms. The van der Waals surface area contributed by atoms with Crippen LogP contribution in [0.3, 0.4) is 0 Å². The Morgan fingerprint density at radius 3 is 2.09 bits per heavy atom. The smallest absolute Gasteiger partial charge is 0.394 e. The van der Waals surface area contributed by atoms with E-state index in [1.165, 1.54) is 0 Å². The number of carbonyl (C=O) groups excluding carboxylic acids is 2. The van der Waals surface area contributed by atoms with Crippen molar-refractivity contribution in [2.45, 2.75) is 70.1 Å². The van der Waals surface area contributed by atoms with E-state index in [4.69, 9.17) is 28.8 Å². The molecule has 4 N–H and O–H groups in total. The van der Waals surface area contributed by atoms with E-state index in [2.05, 4.69) is 0 Å². The SMILES string of the molecule is O=C(CCCCCCC(=O)N(O)c1ccc(C2OC(COc3nc(-c4ccccc4)c(-c4ccccc4)o3)CC(c3ccc(CO)cc3)O2)cc1)NO. The lowest BCUT2D eigenvalue weighted by Gasteiger charge is -2.36. The Labute approximate surface area is 307 Å². The molecule has 1 aliphatic rings. The van der Waals surface area contributed by atoms with Crippen molar-refractivity contribution in [3.05, 3.63) is 126 Å². The van der Waals surface area contributed by atoms with Gasteiger partial charge in [0.2, 0.25) is 5.91 Å². The number of hydroxylamine groups is 2. The van der Waals surface area contributed by atoms with Crippen LogP contribution in [0.4, 0.5) is 5.69 Å². The van der Waals surface area contributed by atoms with Gasteiger partial charge in [0, 0.05) is 36.0 Å². The van der Waals surface area contributed by atoms with Gasteiger partial charge in [-0.15, -0.1) is 0 Å². The fourth-order valence-corrected chi connectivity index (χ4v) is 6.12. The Hall–Kier alpha value is -5.37. The van der Waals surface area contributed by atoms with Crippen LogP contribution >= 0.6 is 0 Å². The Bertz CT molecular complexity index is 1840. The fraction of sp³-hybridized carbons (Fsp3) is 0.293. The number of aromatic nitrogens is 1. The molecular weight excluding hydrogens is 678 g/mol. The molecule has 6 rings (SSSR count). The number of unbranched alkanes of at least 4 members (excludes halogenated alkanes) is 3. The molecular formula is C41H43N3O9. The topological polar surface area (TPSA) is 164 Å². The maximum Gasteiger partial charge on any atom is 0.394 e. The van der Waals surface area contributed by atoms with E-state index in [9.17, 15) is 19.9 Å². The molecule has 276 valence electrons. The summed E-state index contributed by atoms with van der Waals surface area (Å²) in [6, 6.07) is 33.8. The number of nitrogens with one attached hydrogen (secondary N) is 1. The van der Waals surface area contributed by atoms with Crippen molar-refractivity contribution < 1.29 is 43.7 Å². The van der Waals surface area contributed by atoms with Gasteiger partial charge in [-0.05, 0) is 36.1 Å². The van der Waals surface area contributed by atoms with Gasteiger partial charge in [0.1, 0.15) is 12.3 Å². The van der Waals surface area contributed by atoms with Gasteiger partial charge >= 0.3 is 6.08 Å². The van der Waals surface area contributed by atoms with Crippen LogP contribution in [0.15, 0.2) is 114 Å². The largest absolute Gasteiger partial charge is 0.447 e. The predicted octanol–water partition coefficient (Wildman–Crippen LogP) is 7.69. The van der Waals surface area contributed by atoms with Crippen molar-refractivity contribution >= 4 is 17.5 Å². The first-order chi connectivity index (χ1) is 25.9. The van der Waals surface area contributed by atoms with Crippen LogP contribution in [0.2, 0.25) is 0 Å². The number of ether oxygens (including phenoxy) is 3. The summed E-state index contributed by atoms with van der Waals surface area (Å²) < 4.78 is 25.2. The Kier molecular flexibility index (Phi) is 13.0. The van der Waals surface area contributed by atoms with Crippen LogP contribution in [-0.4, -0.2) is 45.0 Å². The predicted molar refractivity (Wildman–Crippen MR) is 195 cm³/mol. The third-order valence-corrected chi connectivity index (χ3v) is 9.01.